The van der Waals surface area contributed by atoms with Gasteiger partial charge in [0.05, 0.1) is 5.41 Å². The van der Waals surface area contributed by atoms with Gasteiger partial charge in [0.25, 0.3) is 0 Å². The number of aliphatic carboxylic acids is 1. The lowest BCUT2D eigenvalue weighted by Crippen LogP contribution is -2.25. The molecule has 2 heteroatoms. The first-order valence-electron chi connectivity index (χ1n) is 5.30. The van der Waals surface area contributed by atoms with Gasteiger partial charge in [-0.1, -0.05) is 39.5 Å². The van der Waals surface area contributed by atoms with Crippen LogP contribution in [0.2, 0.25) is 0 Å². The first-order chi connectivity index (χ1) is 6.06. The van der Waals surface area contributed by atoms with E-state index >= 15 is 0 Å². The molecule has 0 amide bonds. The number of carboxylic acid groups (broad SMARTS) is 1. The molecule has 0 spiro atoms. The van der Waals surface area contributed by atoms with Gasteiger partial charge in [-0.05, 0) is 19.8 Å². The molecule has 0 aromatic carbocycles. The Balaban J connectivity index is 0.000000293. The van der Waals surface area contributed by atoms with Crippen LogP contribution in [0, 0.1) is 5.41 Å². The highest BCUT2D eigenvalue weighted by Gasteiger charge is 2.27. The van der Waals surface area contributed by atoms with Crippen molar-refractivity contribution < 1.29 is 9.90 Å². The Kier molecular flexibility index (Phi) is 5.76. The van der Waals surface area contributed by atoms with Crippen LogP contribution in [0.25, 0.3) is 0 Å². The topological polar surface area (TPSA) is 37.3 Å². The second kappa shape index (κ2) is 6.01. The Morgan fingerprint density at radius 3 is 1.46 bits per heavy atom. The van der Waals surface area contributed by atoms with E-state index in [1.807, 2.05) is 13.8 Å². The molecule has 0 aliphatic heterocycles. The minimum atomic E-state index is -0.687. The van der Waals surface area contributed by atoms with E-state index < -0.39 is 11.4 Å². The third-order valence-electron chi connectivity index (χ3n) is 3.08. The lowest BCUT2D eigenvalue weighted by Gasteiger charge is -2.19. The molecule has 0 bridgehead atoms. The van der Waals surface area contributed by atoms with E-state index in [2.05, 4.69) is 0 Å². The fourth-order valence-electron chi connectivity index (χ4n) is 0.802. The Morgan fingerprint density at radius 2 is 1.46 bits per heavy atom. The molecule has 0 heterocycles. The van der Waals surface area contributed by atoms with E-state index in [1.165, 1.54) is 25.7 Å². The van der Waals surface area contributed by atoms with Crippen molar-refractivity contribution in [3.63, 3.8) is 0 Å². The lowest BCUT2D eigenvalue weighted by molar-refractivity contribution is -0.148. The van der Waals surface area contributed by atoms with Crippen molar-refractivity contribution in [2.75, 3.05) is 0 Å². The van der Waals surface area contributed by atoms with Crippen LogP contribution in [-0.2, 0) is 4.79 Å². The first-order valence-corrected chi connectivity index (χ1v) is 5.30. The second-order valence-corrected chi connectivity index (χ2v) is 3.99. The fourth-order valence-corrected chi connectivity index (χ4v) is 0.802. The summed E-state index contributed by atoms with van der Waals surface area (Å²) in [4.78, 5) is 10.5. The Morgan fingerprint density at radius 1 is 1.15 bits per heavy atom. The average Bonchev–Trinajstić information content (AvgIpc) is 1.99. The van der Waals surface area contributed by atoms with Gasteiger partial charge in [0, 0.05) is 0 Å². The van der Waals surface area contributed by atoms with Crippen LogP contribution in [-0.4, -0.2) is 11.1 Å². The summed E-state index contributed by atoms with van der Waals surface area (Å²) in [6.45, 7) is 5.57. The fraction of sp³-hybridized carbons (Fsp3) is 0.909. The average molecular weight is 186 g/mol. The number of hydrogen-bond acceptors (Lipinski definition) is 1. The predicted octanol–water partition coefficient (Wildman–Crippen LogP) is 3.46. The molecule has 1 saturated carbocycles. The zero-order chi connectivity index (χ0) is 10.3. The van der Waals surface area contributed by atoms with Crippen LogP contribution >= 0.6 is 0 Å². The van der Waals surface area contributed by atoms with Gasteiger partial charge in [-0.15, -0.1) is 0 Å². The molecular weight excluding hydrogens is 164 g/mol. The van der Waals surface area contributed by atoms with Gasteiger partial charge in [-0.25, -0.2) is 0 Å². The standard InChI is InChI=1S/C7H14O2.C4H8/c1-4-7(3,5-2)6(8)9;1-2-4-3-1/h4-5H2,1-3H3,(H,8,9);1-4H2. The molecule has 0 saturated heterocycles. The predicted molar refractivity (Wildman–Crippen MR) is 54.8 cm³/mol. The van der Waals surface area contributed by atoms with Crippen molar-refractivity contribution in [2.45, 2.75) is 59.3 Å². The van der Waals surface area contributed by atoms with E-state index in [1.54, 1.807) is 6.92 Å². The van der Waals surface area contributed by atoms with E-state index in [0.29, 0.717) is 12.8 Å². The van der Waals surface area contributed by atoms with Gasteiger partial charge >= 0.3 is 5.97 Å². The maximum absolute atomic E-state index is 10.5. The smallest absolute Gasteiger partial charge is 0.309 e. The van der Waals surface area contributed by atoms with Crippen LogP contribution in [0.3, 0.4) is 0 Å². The number of carbonyl (C=O) groups is 1. The van der Waals surface area contributed by atoms with Gasteiger partial charge in [0.15, 0.2) is 0 Å². The lowest BCUT2D eigenvalue weighted by atomic mass is 9.85. The monoisotopic (exact) mass is 186 g/mol. The molecule has 1 fully saturated rings. The Hall–Kier alpha value is -0.530. The van der Waals surface area contributed by atoms with Crippen molar-refractivity contribution in [2.24, 2.45) is 5.41 Å². The normalized spacial score (nSPS) is 15.3. The largest absolute Gasteiger partial charge is 0.481 e. The van der Waals surface area contributed by atoms with E-state index in [9.17, 15) is 4.79 Å². The number of carboxylic acids is 1. The van der Waals surface area contributed by atoms with Crippen LogP contribution in [0.15, 0.2) is 0 Å². The first kappa shape index (κ1) is 12.5. The summed E-state index contributed by atoms with van der Waals surface area (Å²) in [6, 6.07) is 0. The molecule has 1 N–H and O–H groups in total. The third-order valence-corrected chi connectivity index (χ3v) is 3.08. The molecule has 1 aliphatic rings. The summed E-state index contributed by atoms with van der Waals surface area (Å²) < 4.78 is 0. The summed E-state index contributed by atoms with van der Waals surface area (Å²) in [5.41, 5.74) is -0.500. The highest BCUT2D eigenvalue weighted by molar-refractivity contribution is 5.73. The molecule has 2 nitrogen and oxygen atoms in total. The SMILES string of the molecule is C1CCC1.CCC(C)(CC)C(=O)O. The summed E-state index contributed by atoms with van der Waals surface area (Å²) in [5.74, 6) is -0.687. The highest BCUT2D eigenvalue weighted by atomic mass is 16.4. The molecular formula is C11H22O2. The molecule has 0 atom stereocenters. The van der Waals surface area contributed by atoms with E-state index in [4.69, 9.17) is 5.11 Å². The van der Waals surface area contributed by atoms with Gasteiger partial charge in [-0.3, -0.25) is 4.79 Å². The van der Waals surface area contributed by atoms with E-state index in [0.717, 1.165) is 0 Å². The Labute approximate surface area is 81.3 Å². The van der Waals surface area contributed by atoms with Crippen molar-refractivity contribution in [3.8, 4) is 0 Å². The molecule has 1 aliphatic carbocycles. The van der Waals surface area contributed by atoms with Crippen molar-refractivity contribution in [1.29, 1.82) is 0 Å². The van der Waals surface area contributed by atoms with Crippen molar-refractivity contribution in [3.05, 3.63) is 0 Å². The second-order valence-electron chi connectivity index (χ2n) is 3.99. The molecule has 13 heavy (non-hydrogen) atoms. The maximum atomic E-state index is 10.5. The summed E-state index contributed by atoms with van der Waals surface area (Å²) in [7, 11) is 0. The molecule has 0 aromatic rings. The summed E-state index contributed by atoms with van der Waals surface area (Å²) in [5, 5.41) is 8.63. The zero-order valence-corrected chi connectivity index (χ0v) is 9.10. The van der Waals surface area contributed by atoms with Gasteiger partial charge in [0.1, 0.15) is 0 Å². The van der Waals surface area contributed by atoms with Crippen LogP contribution in [0.4, 0.5) is 0 Å². The van der Waals surface area contributed by atoms with Gasteiger partial charge in [0.2, 0.25) is 0 Å². The number of rotatable bonds is 3. The zero-order valence-electron chi connectivity index (χ0n) is 9.10. The van der Waals surface area contributed by atoms with Crippen LogP contribution in [0.1, 0.15) is 59.3 Å². The van der Waals surface area contributed by atoms with Crippen LogP contribution in [0.5, 0.6) is 0 Å². The Bertz CT molecular complexity index is 140. The molecule has 0 unspecified atom stereocenters. The van der Waals surface area contributed by atoms with Gasteiger partial charge < -0.3 is 5.11 Å². The molecule has 0 radical (unpaired) electrons. The minimum absolute atomic E-state index is 0.500. The summed E-state index contributed by atoms with van der Waals surface area (Å²) >= 11 is 0. The maximum Gasteiger partial charge on any atom is 0.309 e. The molecule has 1 rings (SSSR count). The van der Waals surface area contributed by atoms with Crippen molar-refractivity contribution in [1.82, 2.24) is 0 Å². The number of hydrogen-bond donors (Lipinski definition) is 1. The minimum Gasteiger partial charge on any atom is -0.481 e. The van der Waals surface area contributed by atoms with Crippen LogP contribution < -0.4 is 0 Å². The summed E-state index contributed by atoms with van der Waals surface area (Å²) in [6.07, 6.45) is 7.41. The molecule has 78 valence electrons. The quantitative estimate of drug-likeness (QED) is 0.733. The molecule has 0 aromatic heterocycles. The van der Waals surface area contributed by atoms with E-state index in [-0.39, 0.29) is 0 Å². The van der Waals surface area contributed by atoms with Gasteiger partial charge in [-0.2, -0.15) is 0 Å². The third kappa shape index (κ3) is 4.30. The van der Waals surface area contributed by atoms with Crippen molar-refractivity contribution >= 4 is 5.97 Å². The highest BCUT2D eigenvalue weighted by Crippen LogP contribution is 2.24.